The molecule has 0 saturated carbocycles. The van der Waals surface area contributed by atoms with Crippen molar-refractivity contribution in [3.8, 4) is 44.5 Å². The Morgan fingerprint density at radius 2 is 0.803 bits per heavy atom. The van der Waals surface area contributed by atoms with E-state index in [2.05, 4.69) is 217 Å². The monoisotopic (exact) mass is 779 g/mol. The lowest BCUT2D eigenvalue weighted by molar-refractivity contribution is 0.670. The van der Waals surface area contributed by atoms with E-state index in [9.17, 15) is 0 Å². The molecule has 0 spiro atoms. The van der Waals surface area contributed by atoms with Gasteiger partial charge in [0.15, 0.2) is 0 Å². The predicted octanol–water partition coefficient (Wildman–Crippen LogP) is 16.8. The number of hydrogen-bond donors (Lipinski definition) is 0. The van der Waals surface area contributed by atoms with Crippen molar-refractivity contribution < 1.29 is 8.83 Å². The average Bonchev–Trinajstić information content (AvgIpc) is 3.92. The zero-order valence-corrected chi connectivity index (χ0v) is 33.1. The second-order valence-electron chi connectivity index (χ2n) is 15.6. The fourth-order valence-corrected chi connectivity index (χ4v) is 9.14. The van der Waals surface area contributed by atoms with Crippen molar-refractivity contribution >= 4 is 71.7 Å². The van der Waals surface area contributed by atoms with E-state index in [1.54, 1.807) is 0 Å². The van der Waals surface area contributed by atoms with E-state index in [0.717, 1.165) is 99.5 Å². The summed E-state index contributed by atoms with van der Waals surface area (Å²) in [5.74, 6) is 0. The number of rotatable bonds is 7. The molecule has 12 aromatic rings. The van der Waals surface area contributed by atoms with Crippen LogP contribution in [0.4, 0.5) is 17.1 Å². The predicted molar refractivity (Wildman–Crippen MR) is 255 cm³/mol. The minimum absolute atomic E-state index is 0.879. The second-order valence-corrected chi connectivity index (χ2v) is 15.6. The highest BCUT2D eigenvalue weighted by atomic mass is 16.3. The maximum atomic E-state index is 6.90. The molecule has 2 aromatic heterocycles. The summed E-state index contributed by atoms with van der Waals surface area (Å²) in [5.41, 5.74) is 15.7. The molecule has 10 aromatic carbocycles. The van der Waals surface area contributed by atoms with Crippen LogP contribution in [-0.4, -0.2) is 0 Å². The van der Waals surface area contributed by atoms with Gasteiger partial charge in [0.1, 0.15) is 22.3 Å². The maximum absolute atomic E-state index is 6.90. The first kappa shape index (κ1) is 34.9. The van der Waals surface area contributed by atoms with Crippen LogP contribution in [0, 0.1) is 0 Å². The van der Waals surface area contributed by atoms with Gasteiger partial charge in [0, 0.05) is 55.0 Å². The first-order valence-corrected chi connectivity index (χ1v) is 20.7. The summed E-state index contributed by atoms with van der Waals surface area (Å²) in [4.78, 5) is 2.36. The second kappa shape index (κ2) is 14.3. The first-order valence-electron chi connectivity index (χ1n) is 20.7. The largest absolute Gasteiger partial charge is 0.455 e. The number of nitrogens with zero attached hydrogens (tertiary/aromatic N) is 1. The van der Waals surface area contributed by atoms with Crippen LogP contribution in [0.3, 0.4) is 0 Å². The van der Waals surface area contributed by atoms with Crippen LogP contribution in [0.15, 0.2) is 233 Å². The lowest BCUT2D eigenvalue weighted by Crippen LogP contribution is -2.11. The van der Waals surface area contributed by atoms with Crippen LogP contribution in [0.25, 0.3) is 99.2 Å². The molecule has 0 aliphatic heterocycles. The van der Waals surface area contributed by atoms with Gasteiger partial charge in [-0.25, -0.2) is 0 Å². The van der Waals surface area contributed by atoms with E-state index in [4.69, 9.17) is 8.83 Å². The molecule has 0 unspecified atom stereocenters. The molecule has 0 aliphatic rings. The van der Waals surface area contributed by atoms with Gasteiger partial charge in [-0.15, -0.1) is 0 Å². The standard InChI is InChI=1S/C58H37NO2/c1-2-13-38(14-3-1)42-16-10-17-43(37-42)39-27-32-44(33-28-39)59(45-34-29-41(30-35-45)47-21-11-23-51-49-20-7-9-26-55(49)60-56(47)51)54-25-8-6-19-48(54)50-22-12-24-52-53-36-31-40-15-4-5-18-46(40)57(53)61-58(50)52/h1-37H. The van der Waals surface area contributed by atoms with Crippen molar-refractivity contribution in [2.24, 2.45) is 0 Å². The fourth-order valence-electron chi connectivity index (χ4n) is 9.14. The Morgan fingerprint density at radius 3 is 1.59 bits per heavy atom. The molecule has 2 heterocycles. The van der Waals surface area contributed by atoms with Crippen molar-refractivity contribution in [3.05, 3.63) is 224 Å². The summed E-state index contributed by atoms with van der Waals surface area (Å²) in [5, 5.41) is 6.75. The molecule has 61 heavy (non-hydrogen) atoms. The summed E-state index contributed by atoms with van der Waals surface area (Å²) in [6.07, 6.45) is 0. The number of anilines is 3. The highest BCUT2D eigenvalue weighted by Gasteiger charge is 2.22. The summed E-state index contributed by atoms with van der Waals surface area (Å²) in [6.45, 7) is 0. The molecule has 12 rings (SSSR count). The van der Waals surface area contributed by atoms with Crippen LogP contribution in [0.5, 0.6) is 0 Å². The molecule has 0 bridgehead atoms. The van der Waals surface area contributed by atoms with E-state index in [1.807, 2.05) is 12.1 Å². The van der Waals surface area contributed by atoms with Crippen LogP contribution in [0.2, 0.25) is 0 Å². The Bertz CT molecular complexity index is 3580. The third-order valence-corrected chi connectivity index (χ3v) is 12.1. The van der Waals surface area contributed by atoms with Gasteiger partial charge in [0.25, 0.3) is 0 Å². The lowest BCUT2D eigenvalue weighted by atomic mass is 9.97. The first-order chi connectivity index (χ1) is 30.2. The molecule has 286 valence electrons. The van der Waals surface area contributed by atoms with Crippen LogP contribution >= 0.6 is 0 Å². The smallest absolute Gasteiger partial charge is 0.143 e. The number of benzene rings is 10. The number of furan rings is 2. The Kier molecular flexibility index (Phi) is 8.17. The highest BCUT2D eigenvalue weighted by Crippen LogP contribution is 2.46. The molecule has 0 amide bonds. The van der Waals surface area contributed by atoms with Gasteiger partial charge in [-0.05, 0) is 81.7 Å². The molecular formula is C58H37NO2. The zero-order valence-electron chi connectivity index (χ0n) is 33.1. The van der Waals surface area contributed by atoms with E-state index in [-0.39, 0.29) is 0 Å². The van der Waals surface area contributed by atoms with Crippen molar-refractivity contribution in [2.45, 2.75) is 0 Å². The van der Waals surface area contributed by atoms with Gasteiger partial charge in [-0.3, -0.25) is 0 Å². The molecule has 0 aliphatic carbocycles. The SMILES string of the molecule is c1ccc(-c2cccc(-c3ccc(N(c4ccc(-c5cccc6c5oc5ccccc56)cc4)c4ccccc4-c4cccc5c4oc4c6ccccc6ccc54)cc3)c2)cc1. The third kappa shape index (κ3) is 5.90. The topological polar surface area (TPSA) is 29.5 Å². The summed E-state index contributed by atoms with van der Waals surface area (Å²) < 4.78 is 13.4. The van der Waals surface area contributed by atoms with E-state index >= 15 is 0 Å². The highest BCUT2D eigenvalue weighted by molar-refractivity contribution is 6.18. The minimum atomic E-state index is 0.879. The molecule has 0 radical (unpaired) electrons. The van der Waals surface area contributed by atoms with Gasteiger partial charge in [-0.1, -0.05) is 176 Å². The molecule has 3 nitrogen and oxygen atoms in total. The van der Waals surface area contributed by atoms with Gasteiger partial charge in [-0.2, -0.15) is 0 Å². The molecule has 3 heteroatoms. The Labute approximate surface area is 353 Å². The summed E-state index contributed by atoms with van der Waals surface area (Å²) in [6, 6.07) is 79.8. The van der Waals surface area contributed by atoms with Gasteiger partial charge < -0.3 is 13.7 Å². The Morgan fingerprint density at radius 1 is 0.279 bits per heavy atom. The number of hydrogen-bond acceptors (Lipinski definition) is 3. The molecule has 0 atom stereocenters. The van der Waals surface area contributed by atoms with E-state index in [0.29, 0.717) is 0 Å². The Balaban J connectivity index is 1.01. The van der Waals surface area contributed by atoms with Crippen LogP contribution < -0.4 is 4.90 Å². The summed E-state index contributed by atoms with van der Waals surface area (Å²) in [7, 11) is 0. The van der Waals surface area contributed by atoms with Gasteiger partial charge in [0.05, 0.1) is 5.69 Å². The third-order valence-electron chi connectivity index (χ3n) is 12.1. The van der Waals surface area contributed by atoms with Crippen molar-refractivity contribution in [2.75, 3.05) is 4.90 Å². The normalized spacial score (nSPS) is 11.6. The number of fused-ring (bicyclic) bond motifs is 8. The number of para-hydroxylation sites is 4. The summed E-state index contributed by atoms with van der Waals surface area (Å²) >= 11 is 0. The molecular weight excluding hydrogens is 743 g/mol. The molecule has 0 N–H and O–H groups in total. The van der Waals surface area contributed by atoms with Crippen LogP contribution in [0.1, 0.15) is 0 Å². The molecule has 0 saturated heterocycles. The molecule has 0 fully saturated rings. The quantitative estimate of drug-likeness (QED) is 0.161. The average molecular weight is 780 g/mol. The van der Waals surface area contributed by atoms with E-state index in [1.165, 1.54) is 16.7 Å². The fraction of sp³-hybridized carbons (Fsp3) is 0. The maximum Gasteiger partial charge on any atom is 0.143 e. The van der Waals surface area contributed by atoms with Crippen molar-refractivity contribution in [1.29, 1.82) is 0 Å². The lowest BCUT2D eigenvalue weighted by Gasteiger charge is -2.28. The van der Waals surface area contributed by atoms with Crippen LogP contribution in [-0.2, 0) is 0 Å². The van der Waals surface area contributed by atoms with Crippen molar-refractivity contribution in [3.63, 3.8) is 0 Å². The van der Waals surface area contributed by atoms with E-state index < -0.39 is 0 Å². The minimum Gasteiger partial charge on any atom is -0.455 e. The van der Waals surface area contributed by atoms with Crippen molar-refractivity contribution in [1.82, 2.24) is 0 Å². The zero-order chi connectivity index (χ0) is 40.3. The Hall–Kier alpha value is -8.14. The van der Waals surface area contributed by atoms with Gasteiger partial charge in [0.2, 0.25) is 0 Å². The van der Waals surface area contributed by atoms with Gasteiger partial charge >= 0.3 is 0 Å².